The van der Waals surface area contributed by atoms with Crippen LogP contribution >= 0.6 is 11.6 Å². The van der Waals surface area contributed by atoms with Crippen LogP contribution < -0.4 is 10.7 Å². The highest BCUT2D eigenvalue weighted by molar-refractivity contribution is 6.30. The van der Waals surface area contributed by atoms with Crippen LogP contribution in [0, 0.1) is 0 Å². The second-order valence-corrected chi connectivity index (χ2v) is 9.87. The number of nitrogens with zero attached hydrogens (tertiary/aromatic N) is 1. The van der Waals surface area contributed by atoms with Crippen LogP contribution in [0.1, 0.15) is 21.5 Å². The number of pyridine rings is 1. The number of hydrogen-bond donors (Lipinski definition) is 2. The predicted molar refractivity (Wildman–Crippen MR) is 151 cm³/mol. The van der Waals surface area contributed by atoms with Crippen LogP contribution in [0.2, 0.25) is 5.02 Å². The lowest BCUT2D eigenvalue weighted by Gasteiger charge is -2.26. The third-order valence-corrected chi connectivity index (χ3v) is 6.83. The third kappa shape index (κ3) is 8.86. The Kier molecular flexibility index (Phi) is 11.3. The fourth-order valence-electron chi connectivity index (χ4n) is 4.44. The van der Waals surface area contributed by atoms with Crippen molar-refractivity contribution in [2.24, 2.45) is 0 Å². The number of carbonyl (C=O) groups is 1. The largest absolute Gasteiger partial charge is 0.382 e. The molecular weight excluding hydrogens is 522 g/mol. The molecule has 1 saturated heterocycles. The van der Waals surface area contributed by atoms with Gasteiger partial charge in [-0.15, -0.1) is 0 Å². The number of halogens is 1. The number of morpholine rings is 1. The number of carbonyl (C=O) groups excluding carboxylic acids is 1. The molecular formula is C29H36ClN3O6. The molecule has 0 spiro atoms. The Morgan fingerprint density at radius 2 is 1.82 bits per heavy atom. The zero-order valence-corrected chi connectivity index (χ0v) is 23.0. The number of fused-ring (bicyclic) bond motifs is 1. The molecule has 1 aliphatic rings. The molecule has 0 radical (unpaired) electrons. The van der Waals surface area contributed by atoms with Gasteiger partial charge in [0.25, 0.3) is 5.91 Å². The van der Waals surface area contributed by atoms with Gasteiger partial charge < -0.3 is 29.2 Å². The maximum atomic E-state index is 13.3. The highest BCUT2D eigenvalue weighted by Gasteiger charge is 2.18. The van der Waals surface area contributed by atoms with Gasteiger partial charge in [0.05, 0.1) is 45.7 Å². The van der Waals surface area contributed by atoms with Gasteiger partial charge in [-0.05, 0) is 35.4 Å². The van der Waals surface area contributed by atoms with Gasteiger partial charge in [-0.3, -0.25) is 14.5 Å². The van der Waals surface area contributed by atoms with Crippen molar-refractivity contribution in [1.82, 2.24) is 15.2 Å². The van der Waals surface area contributed by atoms with Crippen LogP contribution in [0.15, 0.2) is 53.5 Å². The summed E-state index contributed by atoms with van der Waals surface area (Å²) in [6, 6.07) is 13.3. The summed E-state index contributed by atoms with van der Waals surface area (Å²) < 4.78 is 21.9. The first-order chi connectivity index (χ1) is 19.0. The maximum absolute atomic E-state index is 13.3. The van der Waals surface area contributed by atoms with Gasteiger partial charge >= 0.3 is 0 Å². The van der Waals surface area contributed by atoms with E-state index >= 15 is 0 Å². The van der Waals surface area contributed by atoms with Crippen molar-refractivity contribution in [1.29, 1.82) is 0 Å². The molecule has 0 saturated carbocycles. The fourth-order valence-corrected chi connectivity index (χ4v) is 4.57. The van der Waals surface area contributed by atoms with E-state index in [0.717, 1.165) is 30.8 Å². The summed E-state index contributed by atoms with van der Waals surface area (Å²) in [4.78, 5) is 31.8. The highest BCUT2D eigenvalue weighted by Crippen LogP contribution is 2.15. The molecule has 1 fully saturated rings. The van der Waals surface area contributed by atoms with Crippen LogP contribution in [-0.4, -0.2) is 88.3 Å². The summed E-state index contributed by atoms with van der Waals surface area (Å²) in [5, 5.41) is 4.03. The number of aromatic nitrogens is 1. The number of amides is 1. The van der Waals surface area contributed by atoms with Crippen LogP contribution in [0.5, 0.6) is 0 Å². The smallest absolute Gasteiger partial charge is 0.256 e. The summed E-state index contributed by atoms with van der Waals surface area (Å²) in [5.41, 5.74) is 2.51. The van der Waals surface area contributed by atoms with E-state index in [1.807, 2.05) is 42.5 Å². The van der Waals surface area contributed by atoms with E-state index in [0.29, 0.717) is 62.0 Å². The minimum Gasteiger partial charge on any atom is -0.382 e. The maximum Gasteiger partial charge on any atom is 0.256 e. The molecule has 1 amide bonds. The summed E-state index contributed by atoms with van der Waals surface area (Å²) in [6.45, 7) is 5.86. The standard InChI is InChI=1S/C29H36ClN3O6/c1-36-12-13-38-14-15-39-24(16-21-2-5-23(30)6-3-21)18-32-29(35)26-19-31-27-7-4-22(17-25(27)28(26)34)20-33-8-10-37-11-9-33/h2-7,17,19,24H,8-16,18,20H2,1H3,(H,31,34)(H,32,35). The Morgan fingerprint density at radius 1 is 1.08 bits per heavy atom. The predicted octanol–water partition coefficient (Wildman–Crippen LogP) is 3.03. The fraction of sp³-hybridized carbons (Fsp3) is 0.448. The first-order valence-electron chi connectivity index (χ1n) is 13.2. The van der Waals surface area contributed by atoms with Gasteiger partial charge in [0.1, 0.15) is 5.56 Å². The quantitative estimate of drug-likeness (QED) is 0.294. The summed E-state index contributed by atoms with van der Waals surface area (Å²) >= 11 is 6.02. The van der Waals surface area contributed by atoms with Crippen molar-refractivity contribution in [2.75, 3.05) is 66.4 Å². The van der Waals surface area contributed by atoms with Crippen molar-refractivity contribution in [2.45, 2.75) is 19.1 Å². The molecule has 9 nitrogen and oxygen atoms in total. The number of benzene rings is 2. The molecule has 210 valence electrons. The first kappa shape index (κ1) is 29.2. The van der Waals surface area contributed by atoms with Crippen molar-refractivity contribution >= 4 is 28.4 Å². The van der Waals surface area contributed by atoms with E-state index in [1.165, 1.54) is 6.20 Å². The lowest BCUT2D eigenvalue weighted by Crippen LogP contribution is -2.37. The van der Waals surface area contributed by atoms with E-state index in [4.69, 9.17) is 30.5 Å². The van der Waals surface area contributed by atoms with Crippen LogP contribution in [0.25, 0.3) is 10.9 Å². The molecule has 39 heavy (non-hydrogen) atoms. The zero-order chi connectivity index (χ0) is 27.5. The summed E-state index contributed by atoms with van der Waals surface area (Å²) in [7, 11) is 1.62. The van der Waals surface area contributed by atoms with E-state index in [2.05, 4.69) is 15.2 Å². The molecule has 1 unspecified atom stereocenters. The molecule has 4 rings (SSSR count). The van der Waals surface area contributed by atoms with Crippen molar-refractivity contribution in [3.8, 4) is 0 Å². The number of H-pyrrole nitrogens is 1. The monoisotopic (exact) mass is 557 g/mol. The Labute approximate surface area is 233 Å². The number of ether oxygens (including phenoxy) is 4. The van der Waals surface area contributed by atoms with Crippen molar-refractivity contribution < 1.29 is 23.7 Å². The van der Waals surface area contributed by atoms with Crippen LogP contribution in [0.3, 0.4) is 0 Å². The first-order valence-corrected chi connectivity index (χ1v) is 13.6. The lowest BCUT2D eigenvalue weighted by molar-refractivity contribution is -0.00538. The molecule has 0 bridgehead atoms. The van der Waals surface area contributed by atoms with Crippen molar-refractivity contribution in [3.05, 3.63) is 80.6 Å². The normalized spacial score (nSPS) is 14.9. The van der Waals surface area contributed by atoms with Gasteiger partial charge in [0.2, 0.25) is 5.43 Å². The Hall–Kier alpha value is -2.79. The summed E-state index contributed by atoms with van der Waals surface area (Å²) in [5.74, 6) is -0.446. The van der Waals surface area contributed by atoms with E-state index in [9.17, 15) is 9.59 Å². The van der Waals surface area contributed by atoms with E-state index < -0.39 is 5.91 Å². The second kappa shape index (κ2) is 15.1. The Balaban J connectivity index is 1.41. The second-order valence-electron chi connectivity index (χ2n) is 9.44. The van der Waals surface area contributed by atoms with Gasteiger partial charge in [-0.25, -0.2) is 0 Å². The molecule has 0 aliphatic carbocycles. The SMILES string of the molecule is COCCOCCOC(CNC(=O)c1c[nH]c2ccc(CN3CCOCC3)cc2c1=O)Cc1ccc(Cl)cc1. The molecule has 2 N–H and O–H groups in total. The zero-order valence-electron chi connectivity index (χ0n) is 22.2. The number of hydrogen-bond acceptors (Lipinski definition) is 7. The van der Waals surface area contributed by atoms with Gasteiger partial charge in [-0.1, -0.05) is 29.8 Å². The van der Waals surface area contributed by atoms with Gasteiger partial charge in [0, 0.05) is 61.8 Å². The minimum absolute atomic E-state index is 0.0687. The van der Waals surface area contributed by atoms with E-state index in [-0.39, 0.29) is 23.6 Å². The van der Waals surface area contributed by atoms with E-state index in [1.54, 1.807) is 7.11 Å². The molecule has 1 aromatic heterocycles. The molecule has 1 atom stereocenters. The van der Waals surface area contributed by atoms with Gasteiger partial charge in [-0.2, -0.15) is 0 Å². The number of aromatic amines is 1. The molecule has 3 aromatic rings. The Bertz CT molecular complexity index is 1260. The van der Waals surface area contributed by atoms with Crippen LogP contribution in [0.4, 0.5) is 0 Å². The Morgan fingerprint density at radius 3 is 2.59 bits per heavy atom. The topological polar surface area (TPSA) is 102 Å². The van der Waals surface area contributed by atoms with Gasteiger partial charge in [0.15, 0.2) is 0 Å². The third-order valence-electron chi connectivity index (χ3n) is 6.58. The molecule has 2 aromatic carbocycles. The molecule has 10 heteroatoms. The average molecular weight is 558 g/mol. The minimum atomic E-state index is -0.446. The molecule has 1 aliphatic heterocycles. The lowest BCUT2D eigenvalue weighted by atomic mass is 10.1. The number of nitrogens with one attached hydrogen (secondary N) is 2. The highest BCUT2D eigenvalue weighted by atomic mass is 35.5. The molecule has 2 heterocycles. The number of rotatable bonds is 14. The van der Waals surface area contributed by atoms with Crippen molar-refractivity contribution in [3.63, 3.8) is 0 Å². The number of methoxy groups -OCH3 is 1. The average Bonchev–Trinajstić information content (AvgIpc) is 2.95. The van der Waals surface area contributed by atoms with Crippen LogP contribution in [-0.2, 0) is 31.9 Å². The summed E-state index contributed by atoms with van der Waals surface area (Å²) in [6.07, 6.45) is 1.72.